The second-order valence-electron chi connectivity index (χ2n) is 10.2. The average molecular weight is 524 g/mol. The number of para-hydroxylation sites is 2. The predicted molar refractivity (Wildman–Crippen MR) is 165 cm³/mol. The van der Waals surface area contributed by atoms with Crippen molar-refractivity contribution in [1.29, 1.82) is 5.26 Å². The summed E-state index contributed by atoms with van der Waals surface area (Å²) in [7, 11) is 0. The molecule has 0 aliphatic heterocycles. The minimum absolute atomic E-state index is 0.566. The molecule has 2 aromatic heterocycles. The molecule has 0 aliphatic rings. The number of benzene rings is 6. The van der Waals surface area contributed by atoms with Gasteiger partial charge in [0.05, 0.1) is 28.1 Å². The fraction of sp³-hybridized carbons (Fsp3) is 0. The molecule has 0 fully saturated rings. The first kappa shape index (κ1) is 23.1. The molecule has 0 unspecified atom stereocenters. The van der Waals surface area contributed by atoms with Crippen LogP contribution in [-0.4, -0.2) is 9.97 Å². The van der Waals surface area contributed by atoms with Gasteiger partial charge in [0.2, 0.25) is 5.71 Å². The standard InChI is InChI=1S/C37H21N3O/c38-22-23-5-7-24(8-6-23)25-9-11-26(12-10-25)27-13-15-28(16-14-27)29-17-19-31-30(21-29)18-20-34-35(31)36-37(41-34)40-33-4-2-1-3-32(33)39-36/h1-21H. The van der Waals surface area contributed by atoms with Crippen LogP contribution >= 0.6 is 0 Å². The Morgan fingerprint density at radius 3 is 1.68 bits per heavy atom. The van der Waals surface area contributed by atoms with Crippen LogP contribution in [0.3, 0.4) is 0 Å². The van der Waals surface area contributed by atoms with E-state index in [-0.39, 0.29) is 0 Å². The highest BCUT2D eigenvalue weighted by molar-refractivity contribution is 6.18. The van der Waals surface area contributed by atoms with Crippen molar-refractivity contribution >= 4 is 44.0 Å². The van der Waals surface area contributed by atoms with Crippen LogP contribution in [-0.2, 0) is 0 Å². The Labute approximate surface area is 235 Å². The smallest absolute Gasteiger partial charge is 0.246 e. The molecular weight excluding hydrogens is 502 g/mol. The molecule has 0 spiro atoms. The van der Waals surface area contributed by atoms with E-state index < -0.39 is 0 Å². The van der Waals surface area contributed by atoms with E-state index in [1.807, 2.05) is 54.6 Å². The van der Waals surface area contributed by atoms with Crippen LogP contribution in [0.15, 0.2) is 132 Å². The molecule has 8 aromatic rings. The van der Waals surface area contributed by atoms with E-state index in [1.54, 1.807) is 0 Å². The lowest BCUT2D eigenvalue weighted by molar-refractivity contribution is 0.655. The summed E-state index contributed by atoms with van der Waals surface area (Å²) in [5.74, 6) is 0. The molecule has 0 atom stereocenters. The largest absolute Gasteiger partial charge is 0.436 e. The van der Waals surface area contributed by atoms with Crippen molar-refractivity contribution in [2.75, 3.05) is 0 Å². The fourth-order valence-corrected chi connectivity index (χ4v) is 5.59. The lowest BCUT2D eigenvalue weighted by Crippen LogP contribution is -1.85. The Morgan fingerprint density at radius 2 is 1.07 bits per heavy atom. The van der Waals surface area contributed by atoms with Crippen LogP contribution in [0.1, 0.15) is 5.56 Å². The molecule has 2 heterocycles. The molecule has 6 aromatic carbocycles. The first-order valence-electron chi connectivity index (χ1n) is 13.5. The van der Waals surface area contributed by atoms with Gasteiger partial charge in [-0.15, -0.1) is 0 Å². The van der Waals surface area contributed by atoms with Gasteiger partial charge >= 0.3 is 0 Å². The molecule has 0 amide bonds. The normalized spacial score (nSPS) is 11.4. The van der Waals surface area contributed by atoms with Gasteiger partial charge in [0, 0.05) is 0 Å². The van der Waals surface area contributed by atoms with Gasteiger partial charge in [0.1, 0.15) is 11.1 Å². The lowest BCUT2D eigenvalue weighted by atomic mass is 9.96. The highest BCUT2D eigenvalue weighted by Crippen LogP contribution is 2.36. The molecule has 0 radical (unpaired) electrons. The van der Waals surface area contributed by atoms with Gasteiger partial charge in [0.25, 0.3) is 0 Å². The number of fused-ring (bicyclic) bond motifs is 6. The van der Waals surface area contributed by atoms with Gasteiger partial charge in [-0.2, -0.15) is 5.26 Å². The van der Waals surface area contributed by atoms with Gasteiger partial charge in [-0.1, -0.05) is 91.0 Å². The summed E-state index contributed by atoms with van der Waals surface area (Å²) < 4.78 is 6.10. The van der Waals surface area contributed by atoms with E-state index in [9.17, 15) is 0 Å². The summed E-state index contributed by atoms with van der Waals surface area (Å²) >= 11 is 0. The second-order valence-corrected chi connectivity index (χ2v) is 10.2. The Bertz CT molecular complexity index is 2290. The summed E-state index contributed by atoms with van der Waals surface area (Å²) in [6, 6.07) is 45.6. The minimum atomic E-state index is 0.566. The summed E-state index contributed by atoms with van der Waals surface area (Å²) in [5.41, 5.74) is 11.4. The minimum Gasteiger partial charge on any atom is -0.436 e. The second kappa shape index (κ2) is 9.15. The summed E-state index contributed by atoms with van der Waals surface area (Å²) in [4.78, 5) is 9.60. The first-order chi connectivity index (χ1) is 20.2. The van der Waals surface area contributed by atoms with Crippen LogP contribution in [0.2, 0.25) is 0 Å². The molecule has 0 aliphatic carbocycles. The van der Waals surface area contributed by atoms with E-state index in [4.69, 9.17) is 19.6 Å². The molecule has 8 rings (SSSR count). The highest BCUT2D eigenvalue weighted by Gasteiger charge is 2.15. The maximum absolute atomic E-state index is 9.04. The van der Waals surface area contributed by atoms with Crippen LogP contribution in [0.5, 0.6) is 0 Å². The molecular formula is C37H21N3O. The lowest BCUT2D eigenvalue weighted by Gasteiger charge is -2.08. The van der Waals surface area contributed by atoms with E-state index in [1.165, 1.54) is 5.56 Å². The summed E-state index contributed by atoms with van der Waals surface area (Å²) in [5, 5.41) is 12.3. The number of nitriles is 1. The van der Waals surface area contributed by atoms with Crippen LogP contribution in [0.4, 0.5) is 0 Å². The molecule has 0 saturated heterocycles. The van der Waals surface area contributed by atoms with Gasteiger partial charge < -0.3 is 4.42 Å². The van der Waals surface area contributed by atoms with Crippen LogP contribution in [0, 0.1) is 11.3 Å². The van der Waals surface area contributed by atoms with Gasteiger partial charge in [-0.25, -0.2) is 9.97 Å². The fourth-order valence-electron chi connectivity index (χ4n) is 5.59. The molecule has 190 valence electrons. The quantitative estimate of drug-likeness (QED) is 0.231. The Kier molecular flexibility index (Phi) is 5.16. The van der Waals surface area contributed by atoms with Crippen molar-refractivity contribution in [3.8, 4) is 39.4 Å². The Hall–Kier alpha value is -5.79. The maximum atomic E-state index is 9.04. The number of nitrogens with zero attached hydrogens (tertiary/aromatic N) is 3. The third-order valence-corrected chi connectivity index (χ3v) is 7.75. The molecule has 4 heteroatoms. The first-order valence-corrected chi connectivity index (χ1v) is 13.5. The Morgan fingerprint density at radius 1 is 0.537 bits per heavy atom. The van der Waals surface area contributed by atoms with Crippen molar-refractivity contribution in [2.24, 2.45) is 0 Å². The highest BCUT2D eigenvalue weighted by atomic mass is 16.3. The molecule has 4 nitrogen and oxygen atoms in total. The number of hydrogen-bond donors (Lipinski definition) is 0. The van der Waals surface area contributed by atoms with E-state index in [2.05, 4.69) is 78.9 Å². The molecule has 0 bridgehead atoms. The van der Waals surface area contributed by atoms with E-state index >= 15 is 0 Å². The average Bonchev–Trinajstić information content (AvgIpc) is 3.41. The zero-order valence-electron chi connectivity index (χ0n) is 21.9. The Balaban J connectivity index is 1.12. The number of hydrogen-bond acceptors (Lipinski definition) is 4. The number of furan rings is 1. The van der Waals surface area contributed by atoms with Crippen molar-refractivity contribution in [2.45, 2.75) is 0 Å². The van der Waals surface area contributed by atoms with Crippen molar-refractivity contribution in [1.82, 2.24) is 9.97 Å². The third kappa shape index (κ3) is 3.92. The predicted octanol–water partition coefficient (Wildman–Crippen LogP) is 9.56. The molecule has 0 saturated carbocycles. The van der Waals surface area contributed by atoms with Crippen molar-refractivity contribution in [3.05, 3.63) is 133 Å². The summed E-state index contributed by atoms with van der Waals surface area (Å²) in [6.45, 7) is 0. The third-order valence-electron chi connectivity index (χ3n) is 7.75. The number of rotatable bonds is 3. The van der Waals surface area contributed by atoms with Crippen LogP contribution < -0.4 is 0 Å². The van der Waals surface area contributed by atoms with Crippen LogP contribution in [0.25, 0.3) is 77.4 Å². The van der Waals surface area contributed by atoms with Crippen molar-refractivity contribution < 1.29 is 4.42 Å². The van der Waals surface area contributed by atoms with E-state index in [0.717, 1.165) is 66.1 Å². The van der Waals surface area contributed by atoms with Crippen molar-refractivity contribution in [3.63, 3.8) is 0 Å². The maximum Gasteiger partial charge on any atom is 0.246 e. The van der Waals surface area contributed by atoms with E-state index in [0.29, 0.717) is 11.3 Å². The van der Waals surface area contributed by atoms with Gasteiger partial charge in [-0.3, -0.25) is 0 Å². The zero-order valence-corrected chi connectivity index (χ0v) is 21.9. The summed E-state index contributed by atoms with van der Waals surface area (Å²) in [6.07, 6.45) is 0. The van der Waals surface area contributed by atoms with Gasteiger partial charge in [0.15, 0.2) is 0 Å². The SMILES string of the molecule is N#Cc1ccc(-c2ccc(-c3ccc(-c4ccc5c(ccc6oc7nc8ccccc8nc7c65)c4)cc3)cc2)cc1. The monoisotopic (exact) mass is 523 g/mol. The molecule has 0 N–H and O–H groups in total. The zero-order chi connectivity index (χ0) is 27.3. The molecule has 41 heavy (non-hydrogen) atoms. The van der Waals surface area contributed by atoms with Gasteiger partial charge in [-0.05, 0) is 80.6 Å². The topological polar surface area (TPSA) is 62.7 Å². The number of aromatic nitrogens is 2.